The molecule has 5 heteroatoms. The van der Waals surface area contributed by atoms with Crippen molar-refractivity contribution in [2.75, 3.05) is 23.8 Å². The molecule has 0 saturated carbocycles. The molecule has 2 rings (SSSR count). The molecule has 1 heterocycles. The molecule has 0 spiro atoms. The number of rotatable bonds is 4. The molecule has 108 valence electrons. The molecule has 0 unspecified atom stereocenters. The Hall–Kier alpha value is -2.06. The fourth-order valence-corrected chi connectivity index (χ4v) is 2.52. The monoisotopic (exact) mass is 346 g/mol. The van der Waals surface area contributed by atoms with Gasteiger partial charge in [0.15, 0.2) is 5.56 Å². The number of hydrogen-bond acceptors (Lipinski definition) is 4. The molecule has 0 radical (unpaired) electrons. The first kappa shape index (κ1) is 15.3. The molecule has 1 aromatic heterocycles. The van der Waals surface area contributed by atoms with Crippen molar-refractivity contribution < 1.29 is 4.42 Å². The number of nitrogens with zero attached hydrogens (tertiary/aromatic N) is 2. The number of halogens is 1. The maximum atomic E-state index is 12.0. The van der Waals surface area contributed by atoms with Crippen molar-refractivity contribution in [1.82, 2.24) is 0 Å². The van der Waals surface area contributed by atoms with Crippen LogP contribution in [0.1, 0.15) is 11.1 Å². The van der Waals surface area contributed by atoms with Gasteiger partial charge in [0.2, 0.25) is 0 Å². The standard InChI is InChI=1S/C16H15BrN2O2/c1-11-3-5-12(6-4-11)15-9-14(19(2)8-7-17)13(10-18)16(20)21-15/h3-6,9H,7-8H2,1-2H3. The predicted molar refractivity (Wildman–Crippen MR) is 86.9 cm³/mol. The van der Waals surface area contributed by atoms with E-state index in [2.05, 4.69) is 15.9 Å². The Balaban J connectivity index is 2.57. The molecule has 0 N–H and O–H groups in total. The Labute approximate surface area is 131 Å². The zero-order valence-corrected chi connectivity index (χ0v) is 13.5. The Morgan fingerprint density at radius 3 is 2.57 bits per heavy atom. The lowest BCUT2D eigenvalue weighted by Gasteiger charge is -2.19. The highest BCUT2D eigenvalue weighted by atomic mass is 79.9. The van der Waals surface area contributed by atoms with E-state index in [1.807, 2.05) is 49.2 Å². The molecule has 0 amide bonds. The first-order chi connectivity index (χ1) is 10.1. The third-order valence-electron chi connectivity index (χ3n) is 3.21. The van der Waals surface area contributed by atoms with Crippen LogP contribution in [-0.4, -0.2) is 18.9 Å². The van der Waals surface area contributed by atoms with Crippen molar-refractivity contribution in [1.29, 1.82) is 5.26 Å². The fourth-order valence-electron chi connectivity index (χ4n) is 1.99. The molecule has 0 aliphatic heterocycles. The zero-order valence-electron chi connectivity index (χ0n) is 11.9. The van der Waals surface area contributed by atoms with Crippen LogP contribution in [0.4, 0.5) is 5.69 Å². The summed E-state index contributed by atoms with van der Waals surface area (Å²) in [6, 6.07) is 11.4. The average molecular weight is 347 g/mol. The maximum Gasteiger partial charge on any atom is 0.356 e. The lowest BCUT2D eigenvalue weighted by Crippen LogP contribution is -2.23. The third-order valence-corrected chi connectivity index (χ3v) is 3.56. The first-order valence-corrected chi connectivity index (χ1v) is 7.61. The van der Waals surface area contributed by atoms with E-state index in [4.69, 9.17) is 9.68 Å². The SMILES string of the molecule is Cc1ccc(-c2cc(N(C)CCBr)c(C#N)c(=O)o2)cc1. The van der Waals surface area contributed by atoms with Gasteiger partial charge in [-0.25, -0.2) is 4.79 Å². The molecule has 0 atom stereocenters. The summed E-state index contributed by atoms with van der Waals surface area (Å²) in [5.41, 5.74) is 1.96. The van der Waals surface area contributed by atoms with E-state index in [9.17, 15) is 4.79 Å². The summed E-state index contributed by atoms with van der Waals surface area (Å²) < 4.78 is 5.28. The normalized spacial score (nSPS) is 10.2. The van der Waals surface area contributed by atoms with Crippen LogP contribution in [0.2, 0.25) is 0 Å². The second-order valence-corrected chi connectivity index (χ2v) is 5.54. The van der Waals surface area contributed by atoms with Crippen molar-refractivity contribution in [3.8, 4) is 17.4 Å². The van der Waals surface area contributed by atoms with Gasteiger partial charge in [0, 0.05) is 30.6 Å². The van der Waals surface area contributed by atoms with Gasteiger partial charge in [0.1, 0.15) is 11.8 Å². The van der Waals surface area contributed by atoms with Crippen LogP contribution in [0, 0.1) is 18.3 Å². The van der Waals surface area contributed by atoms with E-state index in [1.54, 1.807) is 6.07 Å². The van der Waals surface area contributed by atoms with Gasteiger partial charge >= 0.3 is 5.63 Å². The Morgan fingerprint density at radius 2 is 2.00 bits per heavy atom. The van der Waals surface area contributed by atoms with Gasteiger partial charge in [0.05, 0.1) is 5.69 Å². The molecule has 0 fully saturated rings. The van der Waals surface area contributed by atoms with Crippen LogP contribution in [0.25, 0.3) is 11.3 Å². The smallest absolute Gasteiger partial charge is 0.356 e. The van der Waals surface area contributed by atoms with Crippen LogP contribution < -0.4 is 10.5 Å². The van der Waals surface area contributed by atoms with E-state index >= 15 is 0 Å². The highest BCUT2D eigenvalue weighted by Gasteiger charge is 2.15. The van der Waals surface area contributed by atoms with Crippen LogP contribution in [0.5, 0.6) is 0 Å². The van der Waals surface area contributed by atoms with Gasteiger partial charge in [-0.2, -0.15) is 5.26 Å². The molecule has 4 nitrogen and oxygen atoms in total. The first-order valence-electron chi connectivity index (χ1n) is 6.49. The molecule has 0 bridgehead atoms. The third kappa shape index (κ3) is 3.34. The summed E-state index contributed by atoms with van der Waals surface area (Å²) in [5.74, 6) is 0.468. The van der Waals surface area contributed by atoms with Gasteiger partial charge in [-0.3, -0.25) is 0 Å². The average Bonchev–Trinajstić information content (AvgIpc) is 2.47. The van der Waals surface area contributed by atoms with Crippen LogP contribution in [-0.2, 0) is 0 Å². The predicted octanol–water partition coefficient (Wildman–Crippen LogP) is 3.32. The second-order valence-electron chi connectivity index (χ2n) is 4.75. The van der Waals surface area contributed by atoms with Gasteiger partial charge in [-0.15, -0.1) is 0 Å². The quantitative estimate of drug-likeness (QED) is 0.796. The van der Waals surface area contributed by atoms with Crippen molar-refractivity contribution in [2.45, 2.75) is 6.92 Å². The summed E-state index contributed by atoms with van der Waals surface area (Å²) in [4.78, 5) is 13.9. The van der Waals surface area contributed by atoms with E-state index in [0.29, 0.717) is 18.0 Å². The van der Waals surface area contributed by atoms with E-state index in [1.165, 1.54) is 0 Å². The van der Waals surface area contributed by atoms with Crippen molar-refractivity contribution >= 4 is 21.6 Å². The molecule has 21 heavy (non-hydrogen) atoms. The summed E-state index contributed by atoms with van der Waals surface area (Å²) >= 11 is 3.36. The molecule has 0 aliphatic rings. The van der Waals surface area contributed by atoms with Gasteiger partial charge in [-0.05, 0) is 6.92 Å². The van der Waals surface area contributed by atoms with E-state index in [0.717, 1.165) is 16.5 Å². The van der Waals surface area contributed by atoms with Crippen molar-refractivity contribution in [2.24, 2.45) is 0 Å². The van der Waals surface area contributed by atoms with Crippen LogP contribution in [0.3, 0.4) is 0 Å². The summed E-state index contributed by atoms with van der Waals surface area (Å²) in [6.45, 7) is 2.68. The van der Waals surface area contributed by atoms with Gasteiger partial charge in [0.25, 0.3) is 0 Å². The minimum absolute atomic E-state index is 0.0364. The molecule has 1 aromatic carbocycles. The highest BCUT2D eigenvalue weighted by molar-refractivity contribution is 9.09. The Morgan fingerprint density at radius 1 is 1.33 bits per heavy atom. The Kier molecular flexibility index (Phi) is 4.81. The largest absolute Gasteiger partial charge is 0.422 e. The molecular formula is C16H15BrN2O2. The lowest BCUT2D eigenvalue weighted by molar-refractivity contribution is 0.523. The van der Waals surface area contributed by atoms with Crippen molar-refractivity contribution in [3.63, 3.8) is 0 Å². The molecular weight excluding hydrogens is 332 g/mol. The number of benzene rings is 1. The van der Waals surface area contributed by atoms with Gasteiger partial charge in [-0.1, -0.05) is 45.8 Å². The fraction of sp³-hybridized carbons (Fsp3) is 0.250. The van der Waals surface area contributed by atoms with E-state index < -0.39 is 5.63 Å². The highest BCUT2D eigenvalue weighted by Crippen LogP contribution is 2.25. The van der Waals surface area contributed by atoms with Crippen LogP contribution in [0.15, 0.2) is 39.5 Å². The minimum Gasteiger partial charge on any atom is -0.422 e. The molecule has 0 aliphatic carbocycles. The number of hydrogen-bond donors (Lipinski definition) is 0. The molecule has 2 aromatic rings. The second kappa shape index (κ2) is 6.59. The number of aryl methyl sites for hydroxylation is 1. The molecule has 0 saturated heterocycles. The zero-order chi connectivity index (χ0) is 15.4. The number of alkyl halides is 1. The van der Waals surface area contributed by atoms with E-state index in [-0.39, 0.29) is 5.56 Å². The maximum absolute atomic E-state index is 12.0. The summed E-state index contributed by atoms with van der Waals surface area (Å²) in [5, 5.41) is 9.91. The summed E-state index contributed by atoms with van der Waals surface area (Å²) in [6.07, 6.45) is 0. The van der Waals surface area contributed by atoms with Crippen molar-refractivity contribution in [3.05, 3.63) is 51.9 Å². The van der Waals surface area contributed by atoms with Crippen LogP contribution >= 0.6 is 15.9 Å². The minimum atomic E-state index is -0.605. The topological polar surface area (TPSA) is 57.2 Å². The number of anilines is 1. The summed E-state index contributed by atoms with van der Waals surface area (Å²) in [7, 11) is 1.84. The lowest BCUT2D eigenvalue weighted by atomic mass is 10.1. The Bertz CT molecular complexity index is 729. The number of nitriles is 1. The van der Waals surface area contributed by atoms with Gasteiger partial charge < -0.3 is 9.32 Å².